The smallest absolute Gasteiger partial charge is 0.149 e. The minimum absolute atomic E-state index is 0.150. The molecule has 1 aliphatic heterocycles. The number of pyridine rings is 1. The predicted molar refractivity (Wildman–Crippen MR) is 80.4 cm³/mol. The summed E-state index contributed by atoms with van der Waals surface area (Å²) in [6, 6.07) is 7.20. The second kappa shape index (κ2) is 4.70. The summed E-state index contributed by atoms with van der Waals surface area (Å²) in [4.78, 5) is 6.65. The fourth-order valence-electron chi connectivity index (χ4n) is 2.98. The summed E-state index contributed by atoms with van der Waals surface area (Å²) in [6.45, 7) is 6.68. The summed E-state index contributed by atoms with van der Waals surface area (Å²) < 4.78 is 14.0. The molecule has 0 spiro atoms. The normalized spacial score (nSPS) is 22.7. The van der Waals surface area contributed by atoms with Crippen LogP contribution in [0.3, 0.4) is 0 Å². The lowest BCUT2D eigenvalue weighted by atomic mass is 9.90. The molecule has 106 valence electrons. The minimum Gasteiger partial charge on any atom is -0.370 e. The molecule has 1 saturated heterocycles. The van der Waals surface area contributed by atoms with Crippen molar-refractivity contribution in [3.63, 3.8) is 0 Å². The number of anilines is 1. The number of fused-ring (bicyclic) bond motifs is 1. The Balaban J connectivity index is 2.10. The van der Waals surface area contributed by atoms with E-state index in [4.69, 9.17) is 5.73 Å². The number of rotatable bonds is 2. The Morgan fingerprint density at radius 3 is 2.95 bits per heavy atom. The number of aryl methyl sites for hydroxylation is 1. The first-order valence-corrected chi connectivity index (χ1v) is 7.03. The van der Waals surface area contributed by atoms with Gasteiger partial charge in [-0.3, -0.25) is 0 Å². The highest BCUT2D eigenvalue weighted by Crippen LogP contribution is 2.36. The molecule has 0 saturated carbocycles. The van der Waals surface area contributed by atoms with Crippen molar-refractivity contribution in [1.29, 1.82) is 0 Å². The Morgan fingerprint density at radius 1 is 1.45 bits per heavy atom. The third-order valence-corrected chi connectivity index (χ3v) is 4.29. The minimum atomic E-state index is -0.256. The number of benzene rings is 1. The van der Waals surface area contributed by atoms with Gasteiger partial charge in [-0.05, 0) is 37.4 Å². The lowest BCUT2D eigenvalue weighted by Crippen LogP contribution is -2.31. The van der Waals surface area contributed by atoms with Crippen molar-refractivity contribution in [2.24, 2.45) is 11.1 Å². The molecule has 2 aromatic rings. The Labute approximate surface area is 118 Å². The van der Waals surface area contributed by atoms with Gasteiger partial charge in [-0.15, -0.1) is 0 Å². The van der Waals surface area contributed by atoms with Crippen LogP contribution in [-0.2, 0) is 0 Å². The van der Waals surface area contributed by atoms with E-state index < -0.39 is 0 Å². The van der Waals surface area contributed by atoms with Crippen LogP contribution in [0.5, 0.6) is 0 Å². The van der Waals surface area contributed by atoms with Crippen molar-refractivity contribution in [2.75, 3.05) is 24.5 Å². The second-order valence-corrected chi connectivity index (χ2v) is 6.11. The zero-order chi connectivity index (χ0) is 14.3. The van der Waals surface area contributed by atoms with E-state index in [1.807, 2.05) is 19.1 Å². The molecule has 0 bridgehead atoms. The third kappa shape index (κ3) is 2.14. The molecule has 2 N–H and O–H groups in total. The molecule has 20 heavy (non-hydrogen) atoms. The fourth-order valence-corrected chi connectivity index (χ4v) is 2.98. The summed E-state index contributed by atoms with van der Waals surface area (Å²) in [5.41, 5.74) is 8.41. The van der Waals surface area contributed by atoms with Gasteiger partial charge in [-0.2, -0.15) is 0 Å². The van der Waals surface area contributed by atoms with Crippen molar-refractivity contribution in [3.8, 4) is 0 Å². The number of halogens is 1. The molecule has 4 heteroatoms. The lowest BCUT2D eigenvalue weighted by molar-refractivity contribution is 0.383. The maximum absolute atomic E-state index is 14.0. The third-order valence-electron chi connectivity index (χ3n) is 4.29. The van der Waals surface area contributed by atoms with Crippen LogP contribution in [0.1, 0.15) is 19.0 Å². The van der Waals surface area contributed by atoms with E-state index in [0.29, 0.717) is 12.1 Å². The fraction of sp³-hybridized carbons (Fsp3) is 0.438. The van der Waals surface area contributed by atoms with Gasteiger partial charge in [-0.25, -0.2) is 9.37 Å². The molecule has 0 amide bonds. The maximum atomic E-state index is 14.0. The van der Waals surface area contributed by atoms with Gasteiger partial charge in [0.05, 0.1) is 0 Å². The van der Waals surface area contributed by atoms with Crippen LogP contribution in [-0.4, -0.2) is 24.6 Å². The molecule has 1 aromatic carbocycles. The summed E-state index contributed by atoms with van der Waals surface area (Å²) in [7, 11) is 0. The van der Waals surface area contributed by atoms with Crippen LogP contribution in [0.4, 0.5) is 10.1 Å². The molecule has 1 unspecified atom stereocenters. The molecule has 1 atom stereocenters. The molecule has 1 fully saturated rings. The van der Waals surface area contributed by atoms with Crippen molar-refractivity contribution in [1.82, 2.24) is 4.98 Å². The Kier molecular flexibility index (Phi) is 3.13. The largest absolute Gasteiger partial charge is 0.370 e. The van der Waals surface area contributed by atoms with Gasteiger partial charge in [-0.1, -0.05) is 19.1 Å². The molecular weight excluding hydrogens is 253 g/mol. The first-order chi connectivity index (χ1) is 9.52. The molecule has 3 nitrogen and oxygen atoms in total. The van der Waals surface area contributed by atoms with E-state index in [2.05, 4.69) is 16.8 Å². The van der Waals surface area contributed by atoms with Crippen LogP contribution in [0.25, 0.3) is 10.9 Å². The number of aromatic nitrogens is 1. The van der Waals surface area contributed by atoms with Gasteiger partial charge in [0.15, 0.2) is 0 Å². The van der Waals surface area contributed by atoms with E-state index in [9.17, 15) is 4.39 Å². The van der Waals surface area contributed by atoms with Gasteiger partial charge < -0.3 is 10.6 Å². The molecule has 1 aromatic heterocycles. The molecule has 2 heterocycles. The average Bonchev–Trinajstić information content (AvgIpc) is 2.82. The van der Waals surface area contributed by atoms with Gasteiger partial charge >= 0.3 is 0 Å². The summed E-state index contributed by atoms with van der Waals surface area (Å²) in [5, 5.41) is 0.886. The van der Waals surface area contributed by atoms with Crippen LogP contribution >= 0.6 is 0 Å². The monoisotopic (exact) mass is 273 g/mol. The molecule has 0 radical (unpaired) electrons. The Hall–Kier alpha value is -1.68. The van der Waals surface area contributed by atoms with E-state index in [1.165, 1.54) is 6.07 Å². The highest BCUT2D eigenvalue weighted by Gasteiger charge is 2.33. The topological polar surface area (TPSA) is 42.1 Å². The van der Waals surface area contributed by atoms with E-state index in [0.717, 1.165) is 36.3 Å². The number of nitrogens with two attached hydrogens (primary N) is 1. The highest BCUT2D eigenvalue weighted by molar-refractivity contribution is 5.92. The van der Waals surface area contributed by atoms with Crippen LogP contribution in [0, 0.1) is 18.2 Å². The molecular formula is C16H20FN3. The average molecular weight is 273 g/mol. The number of hydrogen-bond donors (Lipinski definition) is 1. The van der Waals surface area contributed by atoms with Crippen molar-refractivity contribution in [2.45, 2.75) is 20.3 Å². The van der Waals surface area contributed by atoms with E-state index >= 15 is 0 Å². The number of nitrogens with zero attached hydrogens (tertiary/aromatic N) is 2. The first kappa shape index (κ1) is 13.3. The second-order valence-electron chi connectivity index (χ2n) is 6.11. The van der Waals surface area contributed by atoms with Crippen molar-refractivity contribution < 1.29 is 4.39 Å². The van der Waals surface area contributed by atoms with Crippen molar-refractivity contribution >= 4 is 16.6 Å². The predicted octanol–water partition coefficient (Wildman–Crippen LogP) is 2.86. The Morgan fingerprint density at radius 2 is 2.25 bits per heavy atom. The zero-order valence-corrected chi connectivity index (χ0v) is 12.0. The van der Waals surface area contributed by atoms with Crippen LogP contribution < -0.4 is 10.6 Å². The van der Waals surface area contributed by atoms with Gasteiger partial charge in [0.2, 0.25) is 0 Å². The van der Waals surface area contributed by atoms with Crippen molar-refractivity contribution in [3.05, 3.63) is 35.8 Å². The standard InChI is InChI=1S/C16H20FN3/c1-11-8-14(20-7-6-16(2,9-18)10-20)12-4-3-5-13(17)15(12)19-11/h3-5,8H,6-7,9-10,18H2,1-2H3. The highest BCUT2D eigenvalue weighted by atomic mass is 19.1. The molecule has 1 aliphatic rings. The summed E-state index contributed by atoms with van der Waals surface area (Å²) >= 11 is 0. The number of para-hydroxylation sites is 1. The van der Waals surface area contributed by atoms with Gasteiger partial charge in [0.1, 0.15) is 11.3 Å². The van der Waals surface area contributed by atoms with Gasteiger partial charge in [0, 0.05) is 29.9 Å². The quantitative estimate of drug-likeness (QED) is 0.915. The van der Waals surface area contributed by atoms with Gasteiger partial charge in [0.25, 0.3) is 0 Å². The summed E-state index contributed by atoms with van der Waals surface area (Å²) in [5.74, 6) is -0.256. The molecule has 3 rings (SSSR count). The maximum Gasteiger partial charge on any atom is 0.149 e. The van der Waals surface area contributed by atoms with Crippen LogP contribution in [0.2, 0.25) is 0 Å². The number of hydrogen-bond acceptors (Lipinski definition) is 3. The molecule has 0 aliphatic carbocycles. The van der Waals surface area contributed by atoms with Crippen LogP contribution in [0.15, 0.2) is 24.3 Å². The Bertz CT molecular complexity index is 655. The van der Waals surface area contributed by atoms with E-state index in [1.54, 1.807) is 6.07 Å². The first-order valence-electron chi connectivity index (χ1n) is 7.03. The van der Waals surface area contributed by atoms with E-state index in [-0.39, 0.29) is 11.2 Å². The summed E-state index contributed by atoms with van der Waals surface area (Å²) in [6.07, 6.45) is 1.07. The SMILES string of the molecule is Cc1cc(N2CCC(C)(CN)C2)c2cccc(F)c2n1. The lowest BCUT2D eigenvalue weighted by Gasteiger charge is -2.25. The zero-order valence-electron chi connectivity index (χ0n) is 12.0.